The van der Waals surface area contributed by atoms with Crippen LogP contribution in [0.1, 0.15) is 25.1 Å². The molecule has 1 aromatic rings. The second kappa shape index (κ2) is 3.79. The van der Waals surface area contributed by atoms with Gasteiger partial charge in [-0.05, 0) is 13.8 Å². The van der Waals surface area contributed by atoms with Gasteiger partial charge in [0, 0.05) is 6.20 Å². The van der Waals surface area contributed by atoms with Gasteiger partial charge in [0.15, 0.2) is 0 Å². The molecule has 1 rings (SSSR count). The van der Waals surface area contributed by atoms with E-state index >= 15 is 0 Å². The van der Waals surface area contributed by atoms with Gasteiger partial charge in [0.2, 0.25) is 0 Å². The molecule has 0 amide bonds. The maximum Gasteiger partial charge on any atom is 0.305 e. The highest BCUT2D eigenvalue weighted by molar-refractivity contribution is 6.31. The number of hydrogen-bond donors (Lipinski definition) is 1. The van der Waals surface area contributed by atoms with E-state index in [0.29, 0.717) is 5.02 Å². The molecule has 1 aromatic heterocycles. The van der Waals surface area contributed by atoms with Crippen molar-refractivity contribution in [3.8, 4) is 0 Å². The molecule has 13 heavy (non-hydrogen) atoms. The van der Waals surface area contributed by atoms with Gasteiger partial charge in [-0.1, -0.05) is 11.6 Å². The number of aliphatic carboxylic acids is 1. The third-order valence-electron chi connectivity index (χ3n) is 1.78. The summed E-state index contributed by atoms with van der Waals surface area (Å²) in [6, 6.07) is -0.163. The molecule has 0 radical (unpaired) electrons. The number of carbonyl (C=O) groups is 1. The molecule has 0 fully saturated rings. The van der Waals surface area contributed by atoms with Crippen LogP contribution in [0.4, 0.5) is 0 Å². The highest BCUT2D eigenvalue weighted by Gasteiger charge is 2.11. The lowest BCUT2D eigenvalue weighted by atomic mass is 10.2. The summed E-state index contributed by atoms with van der Waals surface area (Å²) >= 11 is 5.78. The first kappa shape index (κ1) is 10.1. The molecule has 1 unspecified atom stereocenters. The summed E-state index contributed by atoms with van der Waals surface area (Å²) in [6.07, 6.45) is 1.70. The van der Waals surface area contributed by atoms with E-state index < -0.39 is 5.97 Å². The highest BCUT2D eigenvalue weighted by Crippen LogP contribution is 2.17. The first-order valence-corrected chi connectivity index (χ1v) is 4.31. The van der Waals surface area contributed by atoms with E-state index in [1.165, 1.54) is 0 Å². The maximum absolute atomic E-state index is 10.4. The summed E-state index contributed by atoms with van der Waals surface area (Å²) in [7, 11) is 0. The Labute approximate surface area is 81.1 Å². The number of carboxylic acids is 1. The number of carboxylic acid groups (broad SMARTS) is 1. The Morgan fingerprint density at radius 1 is 1.85 bits per heavy atom. The molecule has 0 bridgehead atoms. The van der Waals surface area contributed by atoms with Crippen LogP contribution in [0.25, 0.3) is 0 Å². The zero-order valence-electron chi connectivity index (χ0n) is 7.49. The lowest BCUT2D eigenvalue weighted by molar-refractivity contribution is -0.137. The van der Waals surface area contributed by atoms with Crippen molar-refractivity contribution < 1.29 is 9.90 Å². The van der Waals surface area contributed by atoms with Crippen molar-refractivity contribution in [3.63, 3.8) is 0 Å². The second-order valence-electron chi connectivity index (χ2n) is 2.99. The van der Waals surface area contributed by atoms with Crippen molar-refractivity contribution in [1.82, 2.24) is 9.78 Å². The summed E-state index contributed by atoms with van der Waals surface area (Å²) in [5, 5.41) is 13.2. The molecule has 0 spiro atoms. The Hall–Kier alpha value is -1.03. The fourth-order valence-corrected chi connectivity index (χ4v) is 1.17. The molecule has 1 atom stereocenters. The van der Waals surface area contributed by atoms with Crippen molar-refractivity contribution in [2.24, 2.45) is 0 Å². The minimum absolute atomic E-state index is 0.0530. The monoisotopic (exact) mass is 202 g/mol. The van der Waals surface area contributed by atoms with Crippen LogP contribution >= 0.6 is 11.6 Å². The zero-order valence-corrected chi connectivity index (χ0v) is 8.25. The summed E-state index contributed by atoms with van der Waals surface area (Å²) in [4.78, 5) is 10.4. The van der Waals surface area contributed by atoms with Crippen molar-refractivity contribution >= 4 is 17.6 Å². The maximum atomic E-state index is 10.4. The largest absolute Gasteiger partial charge is 0.481 e. The normalized spacial score (nSPS) is 12.8. The molecule has 0 saturated heterocycles. The lowest BCUT2D eigenvalue weighted by Crippen LogP contribution is -2.10. The van der Waals surface area contributed by atoms with Crippen LogP contribution < -0.4 is 0 Å². The highest BCUT2D eigenvalue weighted by atomic mass is 35.5. The van der Waals surface area contributed by atoms with Crippen LogP contribution in [0.15, 0.2) is 6.20 Å². The van der Waals surface area contributed by atoms with E-state index in [9.17, 15) is 4.79 Å². The molecule has 0 aliphatic heterocycles. The van der Waals surface area contributed by atoms with E-state index in [4.69, 9.17) is 16.7 Å². The van der Waals surface area contributed by atoms with Gasteiger partial charge in [0.05, 0.1) is 23.2 Å². The van der Waals surface area contributed by atoms with Crippen LogP contribution in [0.3, 0.4) is 0 Å². The molecule has 0 saturated carbocycles. The second-order valence-corrected chi connectivity index (χ2v) is 3.40. The average molecular weight is 203 g/mol. The molecule has 4 nitrogen and oxygen atoms in total. The van der Waals surface area contributed by atoms with Gasteiger partial charge in [0.25, 0.3) is 0 Å². The summed E-state index contributed by atoms with van der Waals surface area (Å²) < 4.78 is 1.58. The van der Waals surface area contributed by atoms with E-state index in [0.717, 1.165) is 5.69 Å². The Balaban J connectivity index is 2.77. The zero-order chi connectivity index (χ0) is 10.0. The van der Waals surface area contributed by atoms with Gasteiger partial charge < -0.3 is 5.11 Å². The number of halogens is 1. The SMILES string of the molecule is Cc1nn(C(C)CC(=O)O)cc1Cl. The summed E-state index contributed by atoms with van der Waals surface area (Å²) in [5.74, 6) is -0.836. The van der Waals surface area contributed by atoms with E-state index in [-0.39, 0.29) is 12.5 Å². The summed E-state index contributed by atoms with van der Waals surface area (Å²) in [5.41, 5.74) is 0.721. The Morgan fingerprint density at radius 2 is 2.46 bits per heavy atom. The minimum Gasteiger partial charge on any atom is -0.481 e. The van der Waals surface area contributed by atoms with Gasteiger partial charge in [-0.15, -0.1) is 0 Å². The molecule has 5 heteroatoms. The smallest absolute Gasteiger partial charge is 0.305 e. The van der Waals surface area contributed by atoms with Crippen molar-refractivity contribution in [2.45, 2.75) is 26.3 Å². The molecular weight excluding hydrogens is 192 g/mol. The molecule has 0 aliphatic rings. The standard InChI is InChI=1S/C8H11ClN2O2/c1-5(3-8(12)13)11-4-7(9)6(2)10-11/h4-5H,3H2,1-2H3,(H,12,13). The topological polar surface area (TPSA) is 55.1 Å². The van der Waals surface area contributed by atoms with Gasteiger partial charge in [-0.25, -0.2) is 0 Å². The number of hydrogen-bond acceptors (Lipinski definition) is 2. The molecule has 1 N–H and O–H groups in total. The van der Waals surface area contributed by atoms with Crippen LogP contribution in [-0.4, -0.2) is 20.9 Å². The van der Waals surface area contributed by atoms with E-state index in [1.54, 1.807) is 24.7 Å². The van der Waals surface area contributed by atoms with Crippen LogP contribution in [-0.2, 0) is 4.79 Å². The van der Waals surface area contributed by atoms with Crippen molar-refractivity contribution in [1.29, 1.82) is 0 Å². The molecule has 1 heterocycles. The predicted octanol–water partition coefficient (Wildman–Crippen LogP) is 1.88. The molecular formula is C8H11ClN2O2. The Morgan fingerprint density at radius 3 is 2.85 bits per heavy atom. The minimum atomic E-state index is -0.836. The first-order chi connectivity index (χ1) is 6.00. The van der Waals surface area contributed by atoms with Gasteiger partial charge in [-0.2, -0.15) is 5.10 Å². The van der Waals surface area contributed by atoms with Crippen LogP contribution in [0, 0.1) is 6.92 Å². The fraction of sp³-hybridized carbons (Fsp3) is 0.500. The van der Waals surface area contributed by atoms with Gasteiger partial charge in [0.1, 0.15) is 0 Å². The quantitative estimate of drug-likeness (QED) is 0.814. The Bertz CT molecular complexity index is 302. The third kappa shape index (κ3) is 2.45. The molecule has 0 aliphatic carbocycles. The Kier molecular flexibility index (Phi) is 2.93. The first-order valence-electron chi connectivity index (χ1n) is 3.93. The van der Waals surface area contributed by atoms with Crippen molar-refractivity contribution in [3.05, 3.63) is 16.9 Å². The van der Waals surface area contributed by atoms with E-state index in [2.05, 4.69) is 5.10 Å². The molecule has 72 valence electrons. The predicted molar refractivity (Wildman–Crippen MR) is 48.9 cm³/mol. The van der Waals surface area contributed by atoms with Gasteiger partial charge in [-0.3, -0.25) is 9.48 Å². The fourth-order valence-electron chi connectivity index (χ4n) is 1.03. The van der Waals surface area contributed by atoms with Crippen LogP contribution in [0.2, 0.25) is 5.02 Å². The lowest BCUT2D eigenvalue weighted by Gasteiger charge is -2.07. The summed E-state index contributed by atoms with van der Waals surface area (Å²) in [6.45, 7) is 3.57. The number of nitrogens with zero attached hydrogens (tertiary/aromatic N) is 2. The van der Waals surface area contributed by atoms with Crippen LogP contribution in [0.5, 0.6) is 0 Å². The third-order valence-corrected chi connectivity index (χ3v) is 2.15. The van der Waals surface area contributed by atoms with Gasteiger partial charge >= 0.3 is 5.97 Å². The van der Waals surface area contributed by atoms with E-state index in [1.807, 2.05) is 0 Å². The van der Waals surface area contributed by atoms with Crippen molar-refractivity contribution in [2.75, 3.05) is 0 Å². The number of rotatable bonds is 3. The number of aryl methyl sites for hydroxylation is 1. The average Bonchev–Trinajstić information content (AvgIpc) is 2.31. The molecule has 0 aromatic carbocycles. The number of aromatic nitrogens is 2.